The van der Waals surface area contributed by atoms with E-state index >= 15 is 0 Å². The first-order valence-corrected chi connectivity index (χ1v) is 8.09. The lowest BCUT2D eigenvalue weighted by Gasteiger charge is -2.09. The molecular formula is C13H15N5S2. The highest BCUT2D eigenvalue weighted by Gasteiger charge is 2.09. The molecule has 0 amide bonds. The van der Waals surface area contributed by atoms with Crippen molar-refractivity contribution >= 4 is 28.9 Å². The van der Waals surface area contributed by atoms with Gasteiger partial charge in [0.2, 0.25) is 0 Å². The third kappa shape index (κ3) is 3.68. The molecule has 2 heterocycles. The molecule has 0 saturated heterocycles. The largest absolute Gasteiger partial charge is 0.367 e. The van der Waals surface area contributed by atoms with Crippen LogP contribution in [0.25, 0.3) is 0 Å². The maximum Gasteiger partial charge on any atom is 0.166 e. The van der Waals surface area contributed by atoms with E-state index < -0.39 is 0 Å². The molecule has 0 aromatic carbocycles. The quantitative estimate of drug-likeness (QED) is 0.653. The van der Waals surface area contributed by atoms with Crippen LogP contribution in [0.2, 0.25) is 0 Å². The average molecular weight is 305 g/mol. The van der Waals surface area contributed by atoms with Crippen molar-refractivity contribution in [3.8, 4) is 6.07 Å². The predicted octanol–water partition coefficient (Wildman–Crippen LogP) is 3.02. The van der Waals surface area contributed by atoms with Gasteiger partial charge in [-0.15, -0.1) is 16.4 Å². The molecule has 0 unspecified atom stereocenters. The minimum absolute atomic E-state index is 0.579. The van der Waals surface area contributed by atoms with Crippen molar-refractivity contribution in [1.29, 1.82) is 5.26 Å². The second kappa shape index (κ2) is 7.22. The monoisotopic (exact) mass is 305 g/mol. The van der Waals surface area contributed by atoms with E-state index in [-0.39, 0.29) is 0 Å². The van der Waals surface area contributed by atoms with Crippen LogP contribution in [0, 0.1) is 25.2 Å². The number of rotatable bonds is 6. The number of nitrogens with one attached hydrogen (secondary N) is 1. The van der Waals surface area contributed by atoms with Crippen LogP contribution >= 0.6 is 23.1 Å². The Labute approximate surface area is 126 Å². The number of nitrogens with zero attached hydrogens (tertiary/aromatic N) is 4. The molecule has 0 spiro atoms. The average Bonchev–Trinajstić information content (AvgIpc) is 2.96. The van der Waals surface area contributed by atoms with Crippen LogP contribution in [0.15, 0.2) is 15.9 Å². The molecule has 0 bridgehead atoms. The second-order valence-electron chi connectivity index (χ2n) is 4.17. The Hall–Kier alpha value is -1.65. The minimum atomic E-state index is 0.579. The van der Waals surface area contributed by atoms with E-state index in [9.17, 15) is 5.26 Å². The third-order valence-electron chi connectivity index (χ3n) is 2.82. The van der Waals surface area contributed by atoms with Gasteiger partial charge in [-0.25, -0.2) is 4.98 Å². The highest BCUT2D eigenvalue weighted by Crippen LogP contribution is 2.21. The lowest BCUT2D eigenvalue weighted by atomic mass is 10.1. The normalized spacial score (nSPS) is 10.2. The molecule has 0 radical (unpaired) electrons. The zero-order valence-electron chi connectivity index (χ0n) is 11.4. The van der Waals surface area contributed by atoms with E-state index in [1.807, 2.05) is 25.4 Å². The van der Waals surface area contributed by atoms with E-state index in [4.69, 9.17) is 0 Å². The van der Waals surface area contributed by atoms with Crippen molar-refractivity contribution in [3.63, 3.8) is 0 Å². The van der Waals surface area contributed by atoms with Gasteiger partial charge in [0.05, 0.1) is 5.69 Å². The van der Waals surface area contributed by atoms with E-state index in [0.717, 1.165) is 34.3 Å². The summed E-state index contributed by atoms with van der Waals surface area (Å²) in [5.74, 6) is 1.57. The predicted molar refractivity (Wildman–Crippen MR) is 82.2 cm³/mol. The fourth-order valence-electron chi connectivity index (χ4n) is 1.59. The number of nitriles is 1. The fourth-order valence-corrected chi connectivity index (χ4v) is 3.24. The molecular weight excluding hydrogens is 290 g/mol. The third-order valence-corrected chi connectivity index (χ3v) is 4.87. The number of hydrogen-bond acceptors (Lipinski definition) is 7. The summed E-state index contributed by atoms with van der Waals surface area (Å²) in [4.78, 5) is 4.22. The van der Waals surface area contributed by atoms with E-state index in [2.05, 4.69) is 26.6 Å². The van der Waals surface area contributed by atoms with E-state index in [1.165, 1.54) is 0 Å². The molecule has 2 rings (SSSR count). The summed E-state index contributed by atoms with van der Waals surface area (Å²) < 4.78 is 1.09. The Kier molecular flexibility index (Phi) is 5.32. The molecule has 0 aliphatic rings. The molecule has 0 fully saturated rings. The maximum atomic E-state index is 9.18. The van der Waals surface area contributed by atoms with Gasteiger partial charge in [-0.3, -0.25) is 0 Å². The fraction of sp³-hybridized carbons (Fsp3) is 0.385. The number of thiazole rings is 1. The van der Waals surface area contributed by atoms with Crippen LogP contribution in [0.3, 0.4) is 0 Å². The van der Waals surface area contributed by atoms with Crippen molar-refractivity contribution < 1.29 is 0 Å². The van der Waals surface area contributed by atoms with Gasteiger partial charge in [-0.05, 0) is 25.8 Å². The Balaban J connectivity index is 1.82. The first kappa shape index (κ1) is 14.8. The van der Waals surface area contributed by atoms with Crippen molar-refractivity contribution in [1.82, 2.24) is 15.2 Å². The molecule has 104 valence electrons. The topological polar surface area (TPSA) is 74.5 Å². The van der Waals surface area contributed by atoms with E-state index in [0.29, 0.717) is 11.4 Å². The molecule has 0 aliphatic heterocycles. The zero-order chi connectivity index (χ0) is 14.4. The van der Waals surface area contributed by atoms with Gasteiger partial charge < -0.3 is 5.32 Å². The van der Waals surface area contributed by atoms with Crippen LogP contribution in [0.1, 0.15) is 23.2 Å². The number of aryl methyl sites for hydroxylation is 1. The summed E-state index contributed by atoms with van der Waals surface area (Å²) in [5.41, 5.74) is 2.28. The van der Waals surface area contributed by atoms with Gasteiger partial charge in [-0.1, -0.05) is 11.8 Å². The van der Waals surface area contributed by atoms with Gasteiger partial charge in [-0.2, -0.15) is 10.4 Å². The lowest BCUT2D eigenvalue weighted by Crippen LogP contribution is -2.09. The number of thioether (sulfide) groups is 1. The summed E-state index contributed by atoms with van der Waals surface area (Å²) in [7, 11) is 0. The van der Waals surface area contributed by atoms with Crippen molar-refractivity contribution in [2.45, 2.75) is 24.6 Å². The molecule has 2 aromatic heterocycles. The van der Waals surface area contributed by atoms with E-state index in [1.54, 1.807) is 23.1 Å². The Bertz CT molecular complexity index is 604. The zero-order valence-corrected chi connectivity index (χ0v) is 13.0. The van der Waals surface area contributed by atoms with Gasteiger partial charge in [0.25, 0.3) is 0 Å². The second-order valence-corrected chi connectivity index (χ2v) is 6.41. The number of aromatic nitrogens is 3. The molecule has 1 N–H and O–H groups in total. The van der Waals surface area contributed by atoms with Gasteiger partial charge in [0.15, 0.2) is 5.82 Å². The van der Waals surface area contributed by atoms with Crippen LogP contribution in [0.5, 0.6) is 0 Å². The standard InChI is InChI=1S/C13H15N5S2/c1-9-10(2)17-18-12(11(9)8-14)15-4-3-6-19-13-16-5-7-20-13/h5,7H,3-4,6H2,1-2H3,(H,15,18). The number of hydrogen-bond donors (Lipinski definition) is 1. The smallest absolute Gasteiger partial charge is 0.166 e. The van der Waals surface area contributed by atoms with Gasteiger partial charge in [0.1, 0.15) is 16.0 Å². The molecule has 2 aromatic rings. The Morgan fingerprint density at radius 1 is 1.40 bits per heavy atom. The van der Waals surface area contributed by atoms with Gasteiger partial charge in [0, 0.05) is 23.9 Å². The summed E-state index contributed by atoms with van der Waals surface area (Å²) in [5, 5.41) is 22.5. The van der Waals surface area contributed by atoms with Crippen LogP contribution < -0.4 is 5.32 Å². The van der Waals surface area contributed by atoms with Crippen molar-refractivity contribution in [2.75, 3.05) is 17.6 Å². The molecule has 0 atom stereocenters. The van der Waals surface area contributed by atoms with Crippen LogP contribution in [-0.2, 0) is 0 Å². The highest BCUT2D eigenvalue weighted by atomic mass is 32.2. The molecule has 0 aliphatic carbocycles. The summed E-state index contributed by atoms with van der Waals surface area (Å²) >= 11 is 3.40. The number of anilines is 1. The molecule has 5 nitrogen and oxygen atoms in total. The molecule has 20 heavy (non-hydrogen) atoms. The minimum Gasteiger partial charge on any atom is -0.367 e. The SMILES string of the molecule is Cc1nnc(NCCCSc2nccs2)c(C#N)c1C. The Morgan fingerprint density at radius 2 is 2.25 bits per heavy atom. The van der Waals surface area contributed by atoms with Gasteiger partial charge >= 0.3 is 0 Å². The highest BCUT2D eigenvalue weighted by molar-refractivity contribution is 8.00. The van der Waals surface area contributed by atoms with Crippen LogP contribution in [-0.4, -0.2) is 27.5 Å². The van der Waals surface area contributed by atoms with Crippen molar-refractivity contribution in [3.05, 3.63) is 28.4 Å². The lowest BCUT2D eigenvalue weighted by molar-refractivity contribution is 0.919. The van der Waals surface area contributed by atoms with Crippen LogP contribution in [0.4, 0.5) is 5.82 Å². The summed E-state index contributed by atoms with van der Waals surface area (Å²) in [6, 6.07) is 2.19. The van der Waals surface area contributed by atoms with Crippen molar-refractivity contribution in [2.24, 2.45) is 0 Å². The molecule has 7 heteroatoms. The first-order valence-electron chi connectivity index (χ1n) is 6.22. The Morgan fingerprint density at radius 3 is 2.95 bits per heavy atom. The first-order chi connectivity index (χ1) is 9.72. The maximum absolute atomic E-state index is 9.18. The summed E-state index contributed by atoms with van der Waals surface area (Å²) in [6.07, 6.45) is 2.79. The molecule has 0 saturated carbocycles. The summed E-state index contributed by atoms with van der Waals surface area (Å²) in [6.45, 7) is 4.52.